The average molecular weight is 364 g/mol. The molecule has 0 spiro atoms. The number of rotatable bonds is 5. The summed E-state index contributed by atoms with van der Waals surface area (Å²) in [6.07, 6.45) is 0. The molecule has 1 aromatic carbocycles. The van der Waals surface area contributed by atoms with Crippen molar-refractivity contribution in [1.29, 1.82) is 0 Å². The van der Waals surface area contributed by atoms with E-state index in [0.717, 1.165) is 5.56 Å². The zero-order chi connectivity index (χ0) is 17.1. The maximum Gasteiger partial charge on any atom is 0.241 e. The van der Waals surface area contributed by atoms with Crippen molar-refractivity contribution >= 4 is 39.7 Å². The van der Waals surface area contributed by atoms with Gasteiger partial charge in [0.15, 0.2) is 0 Å². The Hall–Kier alpha value is -1.31. The first-order valence-electron chi connectivity index (χ1n) is 7.14. The molecule has 8 heteroatoms. The van der Waals surface area contributed by atoms with E-state index in [4.69, 9.17) is 5.73 Å². The van der Waals surface area contributed by atoms with Crippen LogP contribution in [-0.2, 0) is 14.8 Å². The highest BCUT2D eigenvalue weighted by atomic mass is 35.5. The number of nitrogens with two attached hydrogens (primary N) is 1. The van der Waals surface area contributed by atoms with Crippen LogP contribution in [-0.4, -0.2) is 26.1 Å². The molecule has 0 aliphatic carbocycles. The molecule has 1 amide bonds. The minimum absolute atomic E-state index is 0. The van der Waals surface area contributed by atoms with E-state index in [2.05, 4.69) is 10.0 Å². The monoisotopic (exact) mass is 363 g/mol. The van der Waals surface area contributed by atoms with Crippen molar-refractivity contribution in [1.82, 2.24) is 0 Å². The second-order valence-electron chi connectivity index (χ2n) is 6.37. The molecule has 0 aliphatic heterocycles. The third-order valence-electron chi connectivity index (χ3n) is 3.35. The molecule has 0 aliphatic rings. The summed E-state index contributed by atoms with van der Waals surface area (Å²) >= 11 is 0. The molecule has 0 saturated heterocycles. The average Bonchev–Trinajstić information content (AvgIpc) is 2.40. The summed E-state index contributed by atoms with van der Waals surface area (Å²) in [5.74, 6) is -0.264. The molecule has 1 atom stereocenters. The van der Waals surface area contributed by atoms with E-state index >= 15 is 0 Å². The van der Waals surface area contributed by atoms with Gasteiger partial charge in [-0.25, -0.2) is 8.42 Å². The SMILES string of the molecule is CCS(=O)(=O)Nc1ccc(NC(=O)[C@@H](N)C(C)(C)C)cc1C.Cl. The number of halogens is 1. The van der Waals surface area contributed by atoms with Crippen LogP contribution in [0.2, 0.25) is 0 Å². The van der Waals surface area contributed by atoms with Gasteiger partial charge in [0.1, 0.15) is 0 Å². The van der Waals surface area contributed by atoms with Crippen LogP contribution in [0.15, 0.2) is 18.2 Å². The van der Waals surface area contributed by atoms with Gasteiger partial charge in [-0.15, -0.1) is 12.4 Å². The lowest BCUT2D eigenvalue weighted by Gasteiger charge is -2.26. The Kier molecular flexibility index (Phi) is 7.53. The Morgan fingerprint density at radius 1 is 1.30 bits per heavy atom. The Balaban J connectivity index is 0.00000484. The minimum atomic E-state index is -3.32. The third-order valence-corrected chi connectivity index (χ3v) is 4.65. The fourth-order valence-corrected chi connectivity index (χ4v) is 2.42. The Morgan fingerprint density at radius 2 is 1.87 bits per heavy atom. The molecule has 6 nitrogen and oxygen atoms in total. The largest absolute Gasteiger partial charge is 0.325 e. The Labute approximate surface area is 144 Å². The van der Waals surface area contributed by atoms with Crippen LogP contribution in [0.25, 0.3) is 0 Å². The van der Waals surface area contributed by atoms with E-state index in [-0.39, 0.29) is 29.5 Å². The first-order chi connectivity index (χ1) is 9.96. The Bertz CT molecular complexity index is 654. The number of carbonyl (C=O) groups is 1. The zero-order valence-electron chi connectivity index (χ0n) is 14.1. The number of hydrogen-bond acceptors (Lipinski definition) is 4. The quantitative estimate of drug-likeness (QED) is 0.747. The summed E-state index contributed by atoms with van der Waals surface area (Å²) in [6, 6.07) is 4.35. The zero-order valence-corrected chi connectivity index (χ0v) is 15.8. The molecule has 0 saturated carbocycles. The van der Waals surface area contributed by atoms with Crippen LogP contribution in [0, 0.1) is 12.3 Å². The van der Waals surface area contributed by atoms with Crippen LogP contribution in [0.1, 0.15) is 33.3 Å². The summed E-state index contributed by atoms with van der Waals surface area (Å²) in [5.41, 5.74) is 7.38. The first kappa shape index (κ1) is 21.7. The molecule has 0 bridgehead atoms. The molecule has 0 heterocycles. The first-order valence-corrected chi connectivity index (χ1v) is 8.79. The molecule has 0 fully saturated rings. The van der Waals surface area contributed by atoms with Crippen molar-refractivity contribution in [2.75, 3.05) is 15.8 Å². The van der Waals surface area contributed by atoms with Gasteiger partial charge in [0.25, 0.3) is 0 Å². The van der Waals surface area contributed by atoms with Gasteiger partial charge in [-0.1, -0.05) is 20.8 Å². The summed E-state index contributed by atoms with van der Waals surface area (Å²) in [7, 11) is -3.32. The number of anilines is 2. The van der Waals surface area contributed by atoms with Crippen molar-refractivity contribution in [3.8, 4) is 0 Å². The molecule has 1 aromatic rings. The van der Waals surface area contributed by atoms with E-state index in [0.29, 0.717) is 11.4 Å². The van der Waals surface area contributed by atoms with Crippen molar-refractivity contribution in [3.05, 3.63) is 23.8 Å². The number of hydrogen-bond donors (Lipinski definition) is 3. The summed E-state index contributed by atoms with van der Waals surface area (Å²) in [5, 5.41) is 2.75. The number of nitrogens with one attached hydrogen (secondary N) is 2. The fourth-order valence-electron chi connectivity index (χ4n) is 1.71. The van der Waals surface area contributed by atoms with Crippen LogP contribution < -0.4 is 15.8 Å². The maximum atomic E-state index is 12.1. The fraction of sp³-hybridized carbons (Fsp3) is 0.533. The van der Waals surface area contributed by atoms with Crippen molar-refractivity contribution < 1.29 is 13.2 Å². The van der Waals surface area contributed by atoms with Crippen LogP contribution >= 0.6 is 12.4 Å². The van der Waals surface area contributed by atoms with Gasteiger partial charge < -0.3 is 11.1 Å². The van der Waals surface area contributed by atoms with Gasteiger partial charge in [-0.05, 0) is 43.0 Å². The van der Waals surface area contributed by atoms with Gasteiger partial charge in [0.05, 0.1) is 17.5 Å². The van der Waals surface area contributed by atoms with E-state index in [1.54, 1.807) is 32.0 Å². The van der Waals surface area contributed by atoms with E-state index < -0.39 is 16.1 Å². The van der Waals surface area contributed by atoms with Crippen molar-refractivity contribution in [3.63, 3.8) is 0 Å². The summed E-state index contributed by atoms with van der Waals surface area (Å²) in [6.45, 7) is 9.02. The van der Waals surface area contributed by atoms with Gasteiger partial charge in [0, 0.05) is 5.69 Å². The van der Waals surface area contributed by atoms with Crippen molar-refractivity contribution in [2.45, 2.75) is 40.7 Å². The second-order valence-corrected chi connectivity index (χ2v) is 8.38. The molecular formula is C15H26ClN3O3S. The number of carbonyl (C=O) groups excluding carboxylic acids is 1. The number of sulfonamides is 1. The second kappa shape index (κ2) is 7.99. The maximum absolute atomic E-state index is 12.1. The molecular weight excluding hydrogens is 338 g/mol. The van der Waals surface area contributed by atoms with Crippen LogP contribution in [0.3, 0.4) is 0 Å². The Morgan fingerprint density at radius 3 is 2.30 bits per heavy atom. The predicted octanol–water partition coefficient (Wildman–Crippen LogP) is 2.49. The lowest BCUT2D eigenvalue weighted by Crippen LogP contribution is -2.45. The highest BCUT2D eigenvalue weighted by Crippen LogP contribution is 2.23. The van der Waals surface area contributed by atoms with Gasteiger partial charge >= 0.3 is 0 Å². The molecule has 0 unspecified atom stereocenters. The van der Waals surface area contributed by atoms with Gasteiger partial charge in [-0.2, -0.15) is 0 Å². The van der Waals surface area contributed by atoms with Gasteiger partial charge in [-0.3, -0.25) is 9.52 Å². The van der Waals surface area contributed by atoms with Crippen molar-refractivity contribution in [2.24, 2.45) is 11.1 Å². The van der Waals surface area contributed by atoms with Crippen LogP contribution in [0.5, 0.6) is 0 Å². The van der Waals surface area contributed by atoms with E-state index in [9.17, 15) is 13.2 Å². The standard InChI is InChI=1S/C15H25N3O3S.ClH/c1-6-22(20,21)18-12-8-7-11(9-10(12)2)17-14(19)13(16)15(3,4)5;/h7-9,13,18H,6,16H2,1-5H3,(H,17,19);1H/t13-;/m1./s1. The molecule has 1 rings (SSSR count). The lowest BCUT2D eigenvalue weighted by atomic mass is 9.87. The van der Waals surface area contributed by atoms with E-state index in [1.807, 2.05) is 20.8 Å². The number of benzene rings is 1. The molecule has 0 aromatic heterocycles. The minimum Gasteiger partial charge on any atom is -0.325 e. The molecule has 132 valence electrons. The number of amides is 1. The third kappa shape index (κ3) is 6.37. The normalized spacial score (nSPS) is 13.0. The predicted molar refractivity (Wildman–Crippen MR) is 97.6 cm³/mol. The summed E-state index contributed by atoms with van der Waals surface area (Å²) < 4.78 is 25.7. The van der Waals surface area contributed by atoms with Crippen LogP contribution in [0.4, 0.5) is 11.4 Å². The highest BCUT2D eigenvalue weighted by molar-refractivity contribution is 7.92. The van der Waals surface area contributed by atoms with E-state index in [1.165, 1.54) is 0 Å². The summed E-state index contributed by atoms with van der Waals surface area (Å²) in [4.78, 5) is 12.1. The lowest BCUT2D eigenvalue weighted by molar-refractivity contribution is -0.119. The smallest absolute Gasteiger partial charge is 0.241 e. The molecule has 4 N–H and O–H groups in total. The number of aryl methyl sites for hydroxylation is 1. The molecule has 0 radical (unpaired) electrons. The topological polar surface area (TPSA) is 101 Å². The van der Waals surface area contributed by atoms with Gasteiger partial charge in [0.2, 0.25) is 15.9 Å². The molecule has 23 heavy (non-hydrogen) atoms. The highest BCUT2D eigenvalue weighted by Gasteiger charge is 2.27.